The summed E-state index contributed by atoms with van der Waals surface area (Å²) < 4.78 is 5.22. The van der Waals surface area contributed by atoms with Gasteiger partial charge in [0.25, 0.3) is 5.69 Å². The van der Waals surface area contributed by atoms with Crippen LogP contribution in [0.1, 0.15) is 50.3 Å². The zero-order valence-electron chi connectivity index (χ0n) is 11.8. The molecule has 0 aliphatic rings. The molecule has 0 saturated carbocycles. The molecule has 5 nitrogen and oxygen atoms in total. The minimum atomic E-state index is -0.466. The first kappa shape index (κ1) is 16.6. The molecular formula is C14H18BrNO4. The Kier molecular flexibility index (Phi) is 6.13. The second-order valence-corrected chi connectivity index (χ2v) is 5.60. The SMILES string of the molecule is CC(=O)OC(CCBr)c1ccc(C(C)C)c([N+](=O)[O-])c1. The van der Waals surface area contributed by atoms with Crippen molar-refractivity contribution in [3.8, 4) is 0 Å². The second kappa shape index (κ2) is 7.38. The van der Waals surface area contributed by atoms with Crippen molar-refractivity contribution < 1.29 is 14.5 Å². The molecule has 1 rings (SSSR count). The minimum absolute atomic E-state index is 0.0628. The summed E-state index contributed by atoms with van der Waals surface area (Å²) in [5.41, 5.74) is 1.40. The van der Waals surface area contributed by atoms with Crippen molar-refractivity contribution in [2.75, 3.05) is 5.33 Å². The maximum Gasteiger partial charge on any atom is 0.303 e. The molecular weight excluding hydrogens is 326 g/mol. The summed E-state index contributed by atoms with van der Waals surface area (Å²) in [5, 5.41) is 11.8. The Morgan fingerprint density at radius 1 is 1.45 bits per heavy atom. The topological polar surface area (TPSA) is 69.4 Å². The third kappa shape index (κ3) is 4.30. The predicted octanol–water partition coefficient (Wildman–Crippen LogP) is 4.11. The maximum absolute atomic E-state index is 11.2. The van der Waals surface area contributed by atoms with Crippen LogP contribution < -0.4 is 0 Å². The Labute approximate surface area is 126 Å². The fraction of sp³-hybridized carbons (Fsp3) is 0.500. The van der Waals surface area contributed by atoms with Crippen molar-refractivity contribution in [3.05, 3.63) is 39.4 Å². The van der Waals surface area contributed by atoms with E-state index in [1.54, 1.807) is 12.1 Å². The summed E-state index contributed by atoms with van der Waals surface area (Å²) in [6, 6.07) is 5.03. The summed E-state index contributed by atoms with van der Waals surface area (Å²) >= 11 is 3.30. The number of ether oxygens (including phenoxy) is 1. The highest BCUT2D eigenvalue weighted by Crippen LogP contribution is 2.31. The minimum Gasteiger partial charge on any atom is -0.458 e. The lowest BCUT2D eigenvalue weighted by Gasteiger charge is -2.17. The van der Waals surface area contributed by atoms with Crippen LogP contribution in [0, 0.1) is 10.1 Å². The smallest absolute Gasteiger partial charge is 0.303 e. The van der Waals surface area contributed by atoms with Crippen LogP contribution in [0.15, 0.2) is 18.2 Å². The zero-order valence-corrected chi connectivity index (χ0v) is 13.3. The molecule has 0 amide bonds. The first-order valence-corrected chi connectivity index (χ1v) is 7.50. The number of alkyl halides is 1. The highest BCUT2D eigenvalue weighted by molar-refractivity contribution is 9.09. The number of nitro groups is 1. The van der Waals surface area contributed by atoms with Crippen molar-refractivity contribution in [2.24, 2.45) is 0 Å². The third-order valence-corrected chi connectivity index (χ3v) is 3.38. The van der Waals surface area contributed by atoms with Gasteiger partial charge in [0.1, 0.15) is 6.10 Å². The molecule has 0 bridgehead atoms. The van der Waals surface area contributed by atoms with Gasteiger partial charge in [0.05, 0.1) is 4.92 Å². The maximum atomic E-state index is 11.2. The lowest BCUT2D eigenvalue weighted by Crippen LogP contribution is -2.10. The lowest BCUT2D eigenvalue weighted by molar-refractivity contribution is -0.385. The third-order valence-electron chi connectivity index (χ3n) is 2.92. The second-order valence-electron chi connectivity index (χ2n) is 4.81. The van der Waals surface area contributed by atoms with E-state index in [4.69, 9.17) is 4.74 Å². The van der Waals surface area contributed by atoms with E-state index in [0.29, 0.717) is 22.9 Å². The van der Waals surface area contributed by atoms with E-state index in [9.17, 15) is 14.9 Å². The number of rotatable bonds is 6. The number of nitro benzene ring substituents is 1. The molecule has 0 radical (unpaired) electrons. The Morgan fingerprint density at radius 3 is 2.55 bits per heavy atom. The molecule has 1 aromatic carbocycles. The van der Waals surface area contributed by atoms with E-state index in [-0.39, 0.29) is 11.6 Å². The first-order valence-electron chi connectivity index (χ1n) is 6.38. The fourth-order valence-electron chi connectivity index (χ4n) is 2.00. The van der Waals surface area contributed by atoms with E-state index >= 15 is 0 Å². The number of halogens is 1. The molecule has 0 heterocycles. The number of hydrogen-bond acceptors (Lipinski definition) is 4. The highest BCUT2D eigenvalue weighted by Gasteiger charge is 2.21. The summed E-state index contributed by atoms with van der Waals surface area (Å²) in [6.45, 7) is 5.15. The first-order chi connectivity index (χ1) is 9.36. The van der Waals surface area contributed by atoms with Gasteiger partial charge in [-0.05, 0) is 17.9 Å². The molecule has 0 fully saturated rings. The summed E-state index contributed by atoms with van der Waals surface area (Å²) in [6.07, 6.45) is 0.101. The zero-order chi connectivity index (χ0) is 15.3. The standard InChI is InChI=1S/C14H18BrNO4/c1-9(2)12-5-4-11(8-13(12)16(18)19)14(6-7-15)20-10(3)17/h4-5,8-9,14H,6-7H2,1-3H3. The Hall–Kier alpha value is -1.43. The van der Waals surface area contributed by atoms with Crippen molar-refractivity contribution in [1.29, 1.82) is 0 Å². The molecule has 0 spiro atoms. The van der Waals surface area contributed by atoms with Crippen LogP contribution in [0.25, 0.3) is 0 Å². The van der Waals surface area contributed by atoms with Crippen molar-refractivity contribution >= 4 is 27.6 Å². The normalized spacial score (nSPS) is 12.2. The van der Waals surface area contributed by atoms with Crippen molar-refractivity contribution in [2.45, 2.75) is 39.2 Å². The predicted molar refractivity (Wildman–Crippen MR) is 80.1 cm³/mol. The molecule has 0 saturated heterocycles. The highest BCUT2D eigenvalue weighted by atomic mass is 79.9. The van der Waals surface area contributed by atoms with Gasteiger partial charge in [-0.1, -0.05) is 41.9 Å². The number of carbonyl (C=O) groups excluding carboxylic acids is 1. The van der Waals surface area contributed by atoms with Gasteiger partial charge in [0.2, 0.25) is 0 Å². The van der Waals surface area contributed by atoms with E-state index < -0.39 is 17.0 Å². The van der Waals surface area contributed by atoms with Gasteiger partial charge in [0, 0.05) is 23.9 Å². The average Bonchev–Trinajstić information content (AvgIpc) is 2.36. The number of esters is 1. The molecule has 1 atom stereocenters. The van der Waals surface area contributed by atoms with Gasteiger partial charge in [-0.3, -0.25) is 14.9 Å². The van der Waals surface area contributed by atoms with Gasteiger partial charge < -0.3 is 4.74 Å². The summed E-state index contributed by atoms with van der Waals surface area (Å²) in [4.78, 5) is 21.9. The van der Waals surface area contributed by atoms with Gasteiger partial charge >= 0.3 is 5.97 Å². The van der Waals surface area contributed by atoms with Gasteiger partial charge in [-0.25, -0.2) is 0 Å². The molecule has 0 aliphatic carbocycles. The molecule has 20 heavy (non-hydrogen) atoms. The molecule has 0 aliphatic heterocycles. The van der Waals surface area contributed by atoms with Crippen LogP contribution in [0.2, 0.25) is 0 Å². The summed E-state index contributed by atoms with van der Waals surface area (Å²) in [7, 11) is 0. The van der Waals surface area contributed by atoms with Gasteiger partial charge in [0.15, 0.2) is 0 Å². The van der Waals surface area contributed by atoms with Gasteiger partial charge in [-0.2, -0.15) is 0 Å². The van der Waals surface area contributed by atoms with E-state index in [2.05, 4.69) is 15.9 Å². The van der Waals surface area contributed by atoms with E-state index in [1.165, 1.54) is 13.0 Å². The van der Waals surface area contributed by atoms with Crippen LogP contribution in [0.5, 0.6) is 0 Å². The Bertz CT molecular complexity index is 502. The molecule has 0 aromatic heterocycles. The van der Waals surface area contributed by atoms with Crippen LogP contribution in [0.4, 0.5) is 5.69 Å². The van der Waals surface area contributed by atoms with Gasteiger partial charge in [-0.15, -0.1) is 0 Å². The quantitative estimate of drug-likeness (QED) is 0.337. The van der Waals surface area contributed by atoms with Crippen LogP contribution in [0.3, 0.4) is 0 Å². The molecule has 6 heteroatoms. The van der Waals surface area contributed by atoms with Crippen LogP contribution >= 0.6 is 15.9 Å². The molecule has 1 unspecified atom stereocenters. The largest absolute Gasteiger partial charge is 0.458 e. The van der Waals surface area contributed by atoms with Crippen LogP contribution in [-0.2, 0) is 9.53 Å². The van der Waals surface area contributed by atoms with Crippen LogP contribution in [-0.4, -0.2) is 16.2 Å². The number of hydrogen-bond donors (Lipinski definition) is 0. The molecule has 110 valence electrons. The number of carbonyl (C=O) groups is 1. The Balaban J connectivity index is 3.20. The summed E-state index contributed by atoms with van der Waals surface area (Å²) in [5.74, 6) is -0.334. The number of benzene rings is 1. The van der Waals surface area contributed by atoms with Crippen molar-refractivity contribution in [3.63, 3.8) is 0 Å². The van der Waals surface area contributed by atoms with E-state index in [1.807, 2.05) is 13.8 Å². The number of nitrogens with zero attached hydrogens (tertiary/aromatic N) is 1. The fourth-order valence-corrected chi connectivity index (χ4v) is 2.42. The molecule has 1 aromatic rings. The monoisotopic (exact) mass is 343 g/mol. The lowest BCUT2D eigenvalue weighted by atomic mass is 9.97. The molecule has 0 N–H and O–H groups in total. The Morgan fingerprint density at radius 2 is 2.10 bits per heavy atom. The average molecular weight is 344 g/mol. The van der Waals surface area contributed by atoms with E-state index in [0.717, 1.165) is 0 Å². The van der Waals surface area contributed by atoms with Crippen molar-refractivity contribution in [1.82, 2.24) is 0 Å².